The number of nitrogens with one attached hydrogen (secondary N) is 1. The fourth-order valence-electron chi connectivity index (χ4n) is 1.86. The van der Waals surface area contributed by atoms with Gasteiger partial charge in [0.25, 0.3) is 0 Å². The Balaban J connectivity index is 1.97. The summed E-state index contributed by atoms with van der Waals surface area (Å²) in [4.78, 5) is 7.80. The number of rotatable bonds is 7. The van der Waals surface area contributed by atoms with Crippen LogP contribution in [0.2, 0.25) is 5.15 Å². The van der Waals surface area contributed by atoms with Gasteiger partial charge < -0.3 is 14.8 Å². The Bertz CT molecular complexity index is 629. The molecule has 8 heteroatoms. The normalized spacial score (nSPS) is 10.6. The average molecular weight is 330 g/mol. The highest BCUT2D eigenvalue weighted by molar-refractivity contribution is 6.29. The van der Waals surface area contributed by atoms with Crippen molar-refractivity contribution in [2.75, 3.05) is 19.0 Å². The van der Waals surface area contributed by atoms with Gasteiger partial charge >= 0.3 is 6.61 Å². The first-order chi connectivity index (χ1) is 10.6. The van der Waals surface area contributed by atoms with Crippen LogP contribution in [-0.4, -0.2) is 30.2 Å². The zero-order valence-electron chi connectivity index (χ0n) is 11.7. The van der Waals surface area contributed by atoms with Gasteiger partial charge in [0.05, 0.1) is 7.11 Å². The zero-order chi connectivity index (χ0) is 15.9. The number of alkyl halides is 2. The van der Waals surface area contributed by atoms with Crippen LogP contribution >= 0.6 is 11.6 Å². The summed E-state index contributed by atoms with van der Waals surface area (Å²) in [7, 11) is 1.47. The Labute approximate surface area is 131 Å². The summed E-state index contributed by atoms with van der Waals surface area (Å²) in [6.45, 7) is -2.29. The van der Waals surface area contributed by atoms with Crippen molar-refractivity contribution in [2.24, 2.45) is 0 Å². The highest BCUT2D eigenvalue weighted by atomic mass is 35.5. The lowest BCUT2D eigenvalue weighted by molar-refractivity contribution is -0.0499. The monoisotopic (exact) mass is 329 g/mol. The molecule has 0 aliphatic rings. The lowest BCUT2D eigenvalue weighted by Crippen LogP contribution is -2.08. The van der Waals surface area contributed by atoms with Crippen molar-refractivity contribution in [3.63, 3.8) is 0 Å². The van der Waals surface area contributed by atoms with Crippen LogP contribution in [0.3, 0.4) is 0 Å². The summed E-state index contributed by atoms with van der Waals surface area (Å²) < 4.78 is 33.9. The number of hydrogen-bond donors (Lipinski definition) is 1. The summed E-state index contributed by atoms with van der Waals surface area (Å²) >= 11 is 5.76. The largest absolute Gasteiger partial charge is 0.496 e. The van der Waals surface area contributed by atoms with Crippen molar-refractivity contribution in [3.8, 4) is 11.5 Å². The Morgan fingerprint density at radius 1 is 1.27 bits per heavy atom. The molecule has 1 N–H and O–H groups in total. The topological polar surface area (TPSA) is 56.3 Å². The maximum atomic E-state index is 12.2. The number of anilines is 1. The Morgan fingerprint density at radius 2 is 2.09 bits per heavy atom. The molecule has 0 aliphatic carbocycles. The van der Waals surface area contributed by atoms with Crippen LogP contribution in [0.5, 0.6) is 11.5 Å². The van der Waals surface area contributed by atoms with Crippen LogP contribution in [0.15, 0.2) is 30.6 Å². The van der Waals surface area contributed by atoms with Crippen LogP contribution in [-0.2, 0) is 6.42 Å². The predicted molar refractivity (Wildman–Crippen MR) is 78.9 cm³/mol. The third-order valence-corrected chi connectivity index (χ3v) is 3.02. The lowest BCUT2D eigenvalue weighted by Gasteiger charge is -2.12. The molecule has 1 aromatic carbocycles. The molecule has 2 aromatic rings. The van der Waals surface area contributed by atoms with Crippen LogP contribution in [0.4, 0.5) is 14.6 Å². The van der Waals surface area contributed by atoms with E-state index in [9.17, 15) is 8.78 Å². The molecule has 0 radical (unpaired) electrons. The molecule has 0 bridgehead atoms. The summed E-state index contributed by atoms with van der Waals surface area (Å²) in [6.07, 6.45) is 1.97. The van der Waals surface area contributed by atoms with Crippen molar-refractivity contribution in [2.45, 2.75) is 13.0 Å². The Hall–Kier alpha value is -2.15. The van der Waals surface area contributed by atoms with E-state index < -0.39 is 6.61 Å². The van der Waals surface area contributed by atoms with E-state index in [1.807, 2.05) is 0 Å². The van der Waals surface area contributed by atoms with E-state index in [1.165, 1.54) is 25.6 Å². The first-order valence-electron chi connectivity index (χ1n) is 6.41. The summed E-state index contributed by atoms with van der Waals surface area (Å²) in [5, 5.41) is 3.44. The Morgan fingerprint density at radius 3 is 2.77 bits per heavy atom. The quantitative estimate of drug-likeness (QED) is 0.789. The van der Waals surface area contributed by atoms with E-state index in [1.54, 1.807) is 12.1 Å². The average Bonchev–Trinajstić information content (AvgIpc) is 2.48. The molecule has 0 unspecified atom stereocenters. The minimum Gasteiger partial charge on any atom is -0.496 e. The number of nitrogens with zero attached hydrogens (tertiary/aromatic N) is 2. The molecule has 0 saturated carbocycles. The van der Waals surface area contributed by atoms with Crippen molar-refractivity contribution in [3.05, 3.63) is 41.3 Å². The standard InChI is InChI=1S/C14H14ClF2N3O2/c1-21-11-6-10(22-14(16)17)3-2-9(11)4-5-18-13-7-12(15)19-8-20-13/h2-3,6-8,14H,4-5H2,1H3,(H,18,19,20). The van der Waals surface area contributed by atoms with E-state index in [4.69, 9.17) is 16.3 Å². The van der Waals surface area contributed by atoms with Crippen molar-refractivity contribution in [1.29, 1.82) is 0 Å². The second kappa shape index (κ2) is 7.74. The van der Waals surface area contributed by atoms with Crippen molar-refractivity contribution >= 4 is 17.4 Å². The van der Waals surface area contributed by atoms with Gasteiger partial charge in [-0.2, -0.15) is 8.78 Å². The molecule has 0 fully saturated rings. The van der Waals surface area contributed by atoms with Gasteiger partial charge in [0, 0.05) is 18.7 Å². The summed E-state index contributed by atoms with van der Waals surface area (Å²) in [5.41, 5.74) is 0.858. The van der Waals surface area contributed by atoms with Gasteiger partial charge in [-0.15, -0.1) is 0 Å². The third-order valence-electron chi connectivity index (χ3n) is 2.82. The number of benzene rings is 1. The molecule has 5 nitrogen and oxygen atoms in total. The molecule has 0 saturated heterocycles. The molecular weight excluding hydrogens is 316 g/mol. The van der Waals surface area contributed by atoms with Gasteiger partial charge in [0.1, 0.15) is 28.8 Å². The van der Waals surface area contributed by atoms with E-state index in [0.29, 0.717) is 29.7 Å². The first kappa shape index (κ1) is 16.2. The number of hydrogen-bond acceptors (Lipinski definition) is 5. The van der Waals surface area contributed by atoms with Gasteiger partial charge in [-0.3, -0.25) is 0 Å². The van der Waals surface area contributed by atoms with Crippen LogP contribution in [0, 0.1) is 0 Å². The molecule has 118 valence electrons. The van der Waals surface area contributed by atoms with Crippen molar-refractivity contribution < 1.29 is 18.3 Å². The first-order valence-corrected chi connectivity index (χ1v) is 6.79. The molecule has 1 heterocycles. The van der Waals surface area contributed by atoms with Crippen LogP contribution < -0.4 is 14.8 Å². The van der Waals surface area contributed by atoms with Gasteiger partial charge in [0.15, 0.2) is 0 Å². The number of ether oxygens (including phenoxy) is 2. The highest BCUT2D eigenvalue weighted by Crippen LogP contribution is 2.26. The van der Waals surface area contributed by atoms with Gasteiger partial charge in [0.2, 0.25) is 0 Å². The molecule has 1 aromatic heterocycles. The van der Waals surface area contributed by atoms with Crippen LogP contribution in [0.1, 0.15) is 5.56 Å². The highest BCUT2D eigenvalue weighted by Gasteiger charge is 2.09. The number of aromatic nitrogens is 2. The summed E-state index contributed by atoms with van der Waals surface area (Å²) in [6, 6.07) is 6.21. The maximum Gasteiger partial charge on any atom is 0.387 e. The molecular formula is C14H14ClF2N3O2. The van der Waals surface area contributed by atoms with Crippen LogP contribution in [0.25, 0.3) is 0 Å². The molecule has 0 spiro atoms. The second-order valence-electron chi connectivity index (χ2n) is 4.25. The van der Waals surface area contributed by atoms with Gasteiger partial charge in [-0.05, 0) is 18.1 Å². The van der Waals surface area contributed by atoms with Gasteiger partial charge in [-0.25, -0.2) is 9.97 Å². The SMILES string of the molecule is COc1cc(OC(F)F)ccc1CCNc1cc(Cl)ncn1. The molecule has 0 atom stereocenters. The second-order valence-corrected chi connectivity index (χ2v) is 4.64. The maximum absolute atomic E-state index is 12.2. The van der Waals surface area contributed by atoms with Crippen molar-refractivity contribution in [1.82, 2.24) is 9.97 Å². The number of halogens is 3. The van der Waals surface area contributed by atoms with Gasteiger partial charge in [-0.1, -0.05) is 17.7 Å². The fourth-order valence-corrected chi connectivity index (χ4v) is 2.01. The molecule has 0 aliphatic heterocycles. The third kappa shape index (κ3) is 4.70. The predicted octanol–water partition coefficient (Wildman–Crippen LogP) is 3.39. The number of methoxy groups -OCH3 is 1. The minimum absolute atomic E-state index is 0.0612. The molecule has 22 heavy (non-hydrogen) atoms. The van der Waals surface area contributed by atoms with E-state index in [-0.39, 0.29) is 5.75 Å². The van der Waals surface area contributed by atoms with E-state index in [2.05, 4.69) is 20.0 Å². The van der Waals surface area contributed by atoms with E-state index >= 15 is 0 Å². The molecule has 2 rings (SSSR count). The lowest BCUT2D eigenvalue weighted by atomic mass is 10.1. The van der Waals surface area contributed by atoms with E-state index in [0.717, 1.165) is 5.56 Å². The molecule has 0 amide bonds. The smallest absolute Gasteiger partial charge is 0.387 e. The summed E-state index contributed by atoms with van der Waals surface area (Å²) in [5.74, 6) is 1.16. The Kier molecular flexibility index (Phi) is 5.71. The minimum atomic E-state index is -2.86. The fraction of sp³-hybridized carbons (Fsp3) is 0.286. The zero-order valence-corrected chi connectivity index (χ0v) is 12.5.